The number of hydrogen-bond acceptors (Lipinski definition) is 3. The summed E-state index contributed by atoms with van der Waals surface area (Å²) in [7, 11) is 0. The maximum absolute atomic E-state index is 12.9. The molecule has 3 rings (SSSR count). The van der Waals surface area contributed by atoms with Crippen LogP contribution in [0.3, 0.4) is 0 Å². The molecule has 2 atom stereocenters. The van der Waals surface area contributed by atoms with E-state index in [0.29, 0.717) is 22.9 Å². The summed E-state index contributed by atoms with van der Waals surface area (Å²) in [5.74, 6) is -0.551. The number of furan rings is 1. The van der Waals surface area contributed by atoms with E-state index in [4.69, 9.17) is 21.8 Å². The number of piperidine rings is 1. The summed E-state index contributed by atoms with van der Waals surface area (Å²) in [6.45, 7) is 4.16. The van der Waals surface area contributed by atoms with Crippen molar-refractivity contribution in [1.82, 2.24) is 4.90 Å². The molecule has 2 amide bonds. The Morgan fingerprint density at radius 1 is 1.35 bits per heavy atom. The second-order valence-corrected chi connectivity index (χ2v) is 6.62. The average molecular weight is 335 g/mol. The first-order valence-electron chi connectivity index (χ1n) is 7.67. The Labute approximate surface area is 139 Å². The summed E-state index contributed by atoms with van der Waals surface area (Å²) in [4.78, 5) is 26.0. The molecule has 0 aliphatic carbocycles. The van der Waals surface area contributed by atoms with Crippen molar-refractivity contribution in [2.24, 2.45) is 11.7 Å². The molecule has 6 heteroatoms. The number of halogens is 1. The van der Waals surface area contributed by atoms with Crippen molar-refractivity contribution in [3.05, 3.63) is 34.5 Å². The van der Waals surface area contributed by atoms with Crippen LogP contribution in [0.2, 0.25) is 5.02 Å². The van der Waals surface area contributed by atoms with Gasteiger partial charge in [0.15, 0.2) is 5.76 Å². The molecule has 2 N–H and O–H groups in total. The summed E-state index contributed by atoms with van der Waals surface area (Å²) in [6.07, 6.45) is 1.47. The van der Waals surface area contributed by atoms with Crippen molar-refractivity contribution in [1.29, 1.82) is 0 Å². The first kappa shape index (κ1) is 15.9. The number of nitrogens with zero attached hydrogens (tertiary/aromatic N) is 1. The number of amides is 2. The lowest BCUT2D eigenvalue weighted by atomic mass is 9.92. The van der Waals surface area contributed by atoms with Crippen LogP contribution in [-0.2, 0) is 4.79 Å². The third kappa shape index (κ3) is 2.81. The molecule has 5 nitrogen and oxygen atoms in total. The van der Waals surface area contributed by atoms with Gasteiger partial charge in [-0.1, -0.05) is 11.6 Å². The van der Waals surface area contributed by atoms with Gasteiger partial charge >= 0.3 is 0 Å². The van der Waals surface area contributed by atoms with Gasteiger partial charge in [-0.25, -0.2) is 0 Å². The van der Waals surface area contributed by atoms with Crippen LogP contribution in [0.15, 0.2) is 22.6 Å². The Bertz CT molecular complexity index is 783. The fourth-order valence-electron chi connectivity index (χ4n) is 3.15. The van der Waals surface area contributed by atoms with Crippen LogP contribution >= 0.6 is 11.6 Å². The summed E-state index contributed by atoms with van der Waals surface area (Å²) in [5, 5.41) is 1.43. The van der Waals surface area contributed by atoms with E-state index in [2.05, 4.69) is 0 Å². The van der Waals surface area contributed by atoms with Crippen LogP contribution < -0.4 is 5.73 Å². The van der Waals surface area contributed by atoms with E-state index in [1.807, 2.05) is 13.8 Å². The highest BCUT2D eigenvalue weighted by molar-refractivity contribution is 6.31. The minimum atomic E-state index is -0.359. The number of aryl methyl sites for hydroxylation is 1. The Kier molecular flexibility index (Phi) is 4.06. The van der Waals surface area contributed by atoms with E-state index in [-0.39, 0.29) is 23.8 Å². The summed E-state index contributed by atoms with van der Waals surface area (Å²) in [6, 6.07) is 5.33. The molecule has 1 saturated heterocycles. The zero-order chi connectivity index (χ0) is 16.7. The van der Waals surface area contributed by atoms with Gasteiger partial charge in [0.2, 0.25) is 5.91 Å². The molecule has 2 heterocycles. The van der Waals surface area contributed by atoms with Crippen molar-refractivity contribution >= 4 is 34.4 Å². The van der Waals surface area contributed by atoms with Gasteiger partial charge in [0.05, 0.1) is 5.92 Å². The van der Waals surface area contributed by atoms with E-state index >= 15 is 0 Å². The molecular formula is C17H19ClN2O3. The van der Waals surface area contributed by atoms with Crippen molar-refractivity contribution in [2.75, 3.05) is 6.54 Å². The van der Waals surface area contributed by atoms with Crippen molar-refractivity contribution < 1.29 is 14.0 Å². The number of benzene rings is 1. The fourth-order valence-corrected chi connectivity index (χ4v) is 3.32. The number of nitrogens with two attached hydrogens (primary N) is 1. The molecule has 1 fully saturated rings. The number of likely N-dealkylation sites (tertiary alicyclic amines) is 1. The molecule has 2 aromatic rings. The number of carbonyl (C=O) groups excluding carboxylic acids is 2. The molecule has 1 aliphatic rings. The maximum atomic E-state index is 12.9. The van der Waals surface area contributed by atoms with Gasteiger partial charge in [-0.05, 0) is 44.9 Å². The van der Waals surface area contributed by atoms with Gasteiger partial charge in [0, 0.05) is 28.6 Å². The lowest BCUT2D eigenvalue weighted by molar-refractivity contribution is -0.123. The molecule has 1 aromatic heterocycles. The van der Waals surface area contributed by atoms with Gasteiger partial charge in [-0.2, -0.15) is 0 Å². The predicted molar refractivity (Wildman–Crippen MR) is 88.4 cm³/mol. The first-order chi connectivity index (χ1) is 10.9. The third-order valence-electron chi connectivity index (χ3n) is 4.64. The Balaban J connectivity index is 1.96. The second kappa shape index (κ2) is 5.89. The van der Waals surface area contributed by atoms with E-state index < -0.39 is 0 Å². The number of fused-ring (bicyclic) bond motifs is 1. The zero-order valence-corrected chi connectivity index (χ0v) is 13.9. The molecule has 122 valence electrons. The van der Waals surface area contributed by atoms with Crippen molar-refractivity contribution in [3.63, 3.8) is 0 Å². The number of rotatable bonds is 2. The summed E-state index contributed by atoms with van der Waals surface area (Å²) < 4.78 is 5.75. The molecule has 23 heavy (non-hydrogen) atoms. The maximum Gasteiger partial charge on any atom is 0.290 e. The first-order valence-corrected chi connectivity index (χ1v) is 8.05. The monoisotopic (exact) mass is 334 g/mol. The van der Waals surface area contributed by atoms with Crippen LogP contribution in [0.4, 0.5) is 0 Å². The Hall–Kier alpha value is -2.01. The third-order valence-corrected chi connectivity index (χ3v) is 4.87. The van der Waals surface area contributed by atoms with E-state index in [1.165, 1.54) is 0 Å². The molecule has 2 unspecified atom stereocenters. The van der Waals surface area contributed by atoms with Gasteiger partial charge in [-0.3, -0.25) is 9.59 Å². The lowest BCUT2D eigenvalue weighted by Gasteiger charge is -2.36. The van der Waals surface area contributed by atoms with Crippen LogP contribution in [0, 0.1) is 12.8 Å². The van der Waals surface area contributed by atoms with Gasteiger partial charge < -0.3 is 15.1 Å². The fraction of sp³-hybridized carbons (Fsp3) is 0.412. The molecule has 1 aromatic carbocycles. The SMILES string of the molecule is Cc1c(C(=O)N2CC(C(N)=O)CCC2C)oc2ccc(Cl)cc12. The predicted octanol–water partition coefficient (Wildman–Crippen LogP) is 3.12. The van der Waals surface area contributed by atoms with Crippen molar-refractivity contribution in [3.8, 4) is 0 Å². The lowest BCUT2D eigenvalue weighted by Crippen LogP contribution is -2.48. The molecular weight excluding hydrogens is 316 g/mol. The summed E-state index contributed by atoms with van der Waals surface area (Å²) >= 11 is 6.02. The standard InChI is InChI=1S/C17H19ClN2O3/c1-9-3-4-11(16(19)21)8-20(9)17(22)15-10(2)13-7-12(18)5-6-14(13)23-15/h5-7,9,11H,3-4,8H2,1-2H3,(H2,19,21). The van der Waals surface area contributed by atoms with Crippen LogP contribution in [0.5, 0.6) is 0 Å². The van der Waals surface area contributed by atoms with Crippen LogP contribution in [-0.4, -0.2) is 29.3 Å². The number of hydrogen-bond donors (Lipinski definition) is 1. The van der Waals surface area contributed by atoms with Gasteiger partial charge in [-0.15, -0.1) is 0 Å². The highest BCUT2D eigenvalue weighted by Crippen LogP contribution is 2.31. The largest absolute Gasteiger partial charge is 0.451 e. The summed E-state index contributed by atoms with van der Waals surface area (Å²) in [5.41, 5.74) is 6.80. The number of carbonyl (C=O) groups is 2. The van der Waals surface area contributed by atoms with Gasteiger partial charge in [0.25, 0.3) is 5.91 Å². The van der Waals surface area contributed by atoms with Gasteiger partial charge in [0.1, 0.15) is 5.58 Å². The van der Waals surface area contributed by atoms with E-state index in [1.54, 1.807) is 23.1 Å². The number of primary amides is 1. The van der Waals surface area contributed by atoms with Crippen LogP contribution in [0.25, 0.3) is 11.0 Å². The minimum Gasteiger partial charge on any atom is -0.451 e. The second-order valence-electron chi connectivity index (χ2n) is 6.18. The minimum absolute atomic E-state index is 0.0503. The van der Waals surface area contributed by atoms with E-state index in [0.717, 1.165) is 23.8 Å². The zero-order valence-electron chi connectivity index (χ0n) is 13.1. The quantitative estimate of drug-likeness (QED) is 0.916. The Morgan fingerprint density at radius 2 is 2.09 bits per heavy atom. The normalized spacial score (nSPS) is 21.6. The molecule has 0 spiro atoms. The average Bonchev–Trinajstić information content (AvgIpc) is 2.83. The smallest absolute Gasteiger partial charge is 0.290 e. The molecule has 0 radical (unpaired) electrons. The van der Waals surface area contributed by atoms with Crippen LogP contribution in [0.1, 0.15) is 35.9 Å². The van der Waals surface area contributed by atoms with E-state index in [9.17, 15) is 9.59 Å². The van der Waals surface area contributed by atoms with Crippen molar-refractivity contribution in [2.45, 2.75) is 32.7 Å². The highest BCUT2D eigenvalue weighted by Gasteiger charge is 2.34. The molecule has 0 saturated carbocycles. The molecule has 1 aliphatic heterocycles. The highest BCUT2D eigenvalue weighted by atomic mass is 35.5. The Morgan fingerprint density at radius 3 is 2.78 bits per heavy atom. The molecule has 0 bridgehead atoms. The topological polar surface area (TPSA) is 76.5 Å².